The van der Waals surface area contributed by atoms with Gasteiger partial charge in [0.15, 0.2) is 0 Å². The molecule has 0 aliphatic carbocycles. The summed E-state index contributed by atoms with van der Waals surface area (Å²) in [7, 11) is 0. The average molecular weight is 172 g/mol. The van der Waals surface area contributed by atoms with E-state index in [9.17, 15) is 0 Å². The fraction of sp³-hybridized carbons (Fsp3) is 0. The second-order valence-corrected chi connectivity index (χ2v) is 0.338. The first-order chi connectivity index (χ1) is 1.73. The summed E-state index contributed by atoms with van der Waals surface area (Å²) < 4.78 is 0. The summed E-state index contributed by atoms with van der Waals surface area (Å²) in [5.41, 5.74) is 4.03. The molecule has 0 spiro atoms. The third kappa shape index (κ3) is 227. The van der Waals surface area contributed by atoms with Crippen molar-refractivity contribution in [2.45, 2.75) is 0 Å². The van der Waals surface area contributed by atoms with E-state index in [2.05, 4.69) is 5.73 Å². The molecule has 0 aromatic heterocycles. The third-order valence-electron chi connectivity index (χ3n) is 0. The van der Waals surface area contributed by atoms with Crippen LogP contribution in [-0.4, -0.2) is 30.1 Å². The second kappa shape index (κ2) is 9.09. The molecule has 0 aromatic carbocycles. The van der Waals surface area contributed by atoms with Crippen molar-refractivity contribution in [3.05, 3.63) is 0 Å². The molecule has 0 bridgehead atoms. The van der Waals surface area contributed by atoms with Crippen LogP contribution in [0.3, 0.4) is 0 Å². The van der Waals surface area contributed by atoms with E-state index in [1.165, 1.54) is 0 Å². The molecule has 0 fully saturated rings. The van der Waals surface area contributed by atoms with Crippen LogP contribution in [-0.2, 0) is 19.5 Å². The van der Waals surface area contributed by atoms with Crippen LogP contribution in [0.25, 0.3) is 0 Å². The summed E-state index contributed by atoms with van der Waals surface area (Å²) in [6.45, 7) is 0. The number of nitrogens with two attached hydrogens (primary N) is 1. The molecule has 35 valence electrons. The summed E-state index contributed by atoms with van der Waals surface area (Å²) in [6, 6.07) is 0. The number of hydrogen-bond acceptors (Lipinski definition) is 1. The number of primary amides is 1. The number of carboxylic acid groups (broad SMARTS) is 1. The molecule has 0 heterocycles. The summed E-state index contributed by atoms with van der Waals surface area (Å²) in [6.07, 6.45) is -1.33. The molecule has 0 atom stereocenters. The minimum atomic E-state index is -1.33. The van der Waals surface area contributed by atoms with E-state index in [4.69, 9.17) is 9.90 Å². The average Bonchev–Trinajstić information content (AvgIpc) is 0.811. The van der Waals surface area contributed by atoms with Crippen LogP contribution in [0.2, 0.25) is 0 Å². The Bertz CT molecular complexity index is 36.5. The monoisotopic (exact) mass is 172 g/mol. The molecule has 0 aliphatic rings. The maximum Gasteiger partial charge on any atom is 0 e. The topological polar surface area (TPSA) is 63.3 Å². The van der Waals surface area contributed by atoms with Gasteiger partial charge in [0.1, 0.15) is 0 Å². The first-order valence-corrected chi connectivity index (χ1v) is 0.716. The predicted octanol–water partition coefficient (Wildman–Crippen LogP) is -1.03. The molecule has 3 N–H and O–H groups in total. The Morgan fingerprint density at radius 1 is 1.67 bits per heavy atom. The molecule has 5 heteroatoms. The van der Waals surface area contributed by atoms with Crippen LogP contribution in [0, 0.1) is 0 Å². The Kier molecular flexibility index (Phi) is 24.3. The quantitative estimate of drug-likeness (QED) is 0.459. The molecule has 0 saturated carbocycles. The van der Waals surface area contributed by atoms with Gasteiger partial charge in [-0.05, 0) is 0 Å². The smallest absolute Gasteiger partial charge is 0 e. The van der Waals surface area contributed by atoms with Crippen molar-refractivity contribution < 1.29 is 29.4 Å². The van der Waals surface area contributed by atoms with E-state index in [0.717, 1.165) is 0 Å². The van der Waals surface area contributed by atoms with E-state index < -0.39 is 6.09 Å². The third-order valence-corrected chi connectivity index (χ3v) is 0. The molecule has 1 amide bonds. The number of hydrogen-bond donors (Lipinski definition) is 2. The Morgan fingerprint density at radius 3 is 1.67 bits per heavy atom. The van der Waals surface area contributed by atoms with Gasteiger partial charge in [-0.3, -0.25) is 0 Å². The maximum absolute atomic E-state index is 8.78. The molecule has 1 radical (unpaired) electrons. The summed E-state index contributed by atoms with van der Waals surface area (Å²) in [5, 5.41) is 7.19. The SMILES string of the molecule is NC(=O)O.[LiH].[Rh]. The molecule has 0 aromatic rings. The molecule has 0 aliphatic heterocycles. The zero-order valence-electron chi connectivity index (χ0n) is 2.27. The molecule has 0 rings (SSSR count). The Morgan fingerprint density at radius 2 is 1.67 bits per heavy atom. The minimum absolute atomic E-state index is 0. The molecular formula is CH4LiNO2Rh. The van der Waals surface area contributed by atoms with Crippen molar-refractivity contribution in [3.8, 4) is 0 Å². The van der Waals surface area contributed by atoms with Gasteiger partial charge in [0.05, 0.1) is 0 Å². The molecule has 3 nitrogen and oxygen atoms in total. The first kappa shape index (κ1) is 16.1. The Hall–Kier alpha value is 0.491. The van der Waals surface area contributed by atoms with Crippen molar-refractivity contribution >= 4 is 25.0 Å². The van der Waals surface area contributed by atoms with Crippen molar-refractivity contribution in [3.63, 3.8) is 0 Å². The molecule has 0 saturated heterocycles. The fourth-order valence-corrected chi connectivity index (χ4v) is 0. The Labute approximate surface area is 60.2 Å². The van der Waals surface area contributed by atoms with Crippen molar-refractivity contribution in [2.75, 3.05) is 0 Å². The zero-order chi connectivity index (χ0) is 3.58. The normalized spacial score (nSPS) is 4.00. The van der Waals surface area contributed by atoms with E-state index >= 15 is 0 Å². The summed E-state index contributed by atoms with van der Waals surface area (Å²) in [5.74, 6) is 0. The number of carbonyl (C=O) groups is 1. The molecule has 0 unspecified atom stereocenters. The van der Waals surface area contributed by atoms with E-state index in [-0.39, 0.29) is 38.3 Å². The molecular weight excluding hydrogens is 168 g/mol. The largest absolute Gasteiger partial charge is 0 e. The van der Waals surface area contributed by atoms with Crippen LogP contribution in [0.1, 0.15) is 0 Å². The van der Waals surface area contributed by atoms with E-state index in [1.54, 1.807) is 0 Å². The van der Waals surface area contributed by atoms with Gasteiger partial charge < -0.3 is 10.8 Å². The number of amides is 1. The van der Waals surface area contributed by atoms with Crippen molar-refractivity contribution in [1.29, 1.82) is 0 Å². The van der Waals surface area contributed by atoms with Crippen LogP contribution < -0.4 is 5.73 Å². The summed E-state index contributed by atoms with van der Waals surface area (Å²) >= 11 is 0. The van der Waals surface area contributed by atoms with Gasteiger partial charge in [0.2, 0.25) is 0 Å². The predicted molar refractivity (Wildman–Crippen MR) is 19.4 cm³/mol. The zero-order valence-corrected chi connectivity index (χ0v) is 3.90. The van der Waals surface area contributed by atoms with Crippen molar-refractivity contribution in [1.82, 2.24) is 0 Å². The van der Waals surface area contributed by atoms with Gasteiger partial charge in [-0.25, -0.2) is 4.79 Å². The van der Waals surface area contributed by atoms with Gasteiger partial charge >= 0.3 is 25.0 Å². The second-order valence-electron chi connectivity index (χ2n) is 0.338. The minimum Gasteiger partial charge on any atom is 0 e. The van der Waals surface area contributed by atoms with E-state index in [0.29, 0.717) is 0 Å². The van der Waals surface area contributed by atoms with Crippen LogP contribution in [0.4, 0.5) is 4.79 Å². The van der Waals surface area contributed by atoms with Crippen LogP contribution in [0.15, 0.2) is 0 Å². The van der Waals surface area contributed by atoms with Gasteiger partial charge in [-0.15, -0.1) is 0 Å². The van der Waals surface area contributed by atoms with Crippen LogP contribution >= 0.6 is 0 Å². The van der Waals surface area contributed by atoms with Gasteiger partial charge in [0, 0.05) is 19.5 Å². The standard InChI is InChI=1S/CH3NO2.Li.Rh.H/c2-1(3)4;;;/h2H2,(H,3,4);;;. The fourth-order valence-electron chi connectivity index (χ4n) is 0. The summed E-state index contributed by atoms with van der Waals surface area (Å²) in [4.78, 5) is 8.78. The van der Waals surface area contributed by atoms with Gasteiger partial charge in [0.25, 0.3) is 0 Å². The maximum atomic E-state index is 8.78. The molecule has 6 heavy (non-hydrogen) atoms. The van der Waals surface area contributed by atoms with Gasteiger partial charge in [-0.2, -0.15) is 0 Å². The Balaban J connectivity index is -0.0000000450. The van der Waals surface area contributed by atoms with E-state index in [1.807, 2.05) is 0 Å². The van der Waals surface area contributed by atoms with Crippen LogP contribution in [0.5, 0.6) is 0 Å². The first-order valence-electron chi connectivity index (χ1n) is 0.716. The van der Waals surface area contributed by atoms with Crippen molar-refractivity contribution in [2.24, 2.45) is 5.73 Å². The number of rotatable bonds is 0. The van der Waals surface area contributed by atoms with Gasteiger partial charge in [-0.1, -0.05) is 0 Å².